The molecule has 0 saturated heterocycles. The summed E-state index contributed by atoms with van der Waals surface area (Å²) in [5.41, 5.74) is 11.4. The zero-order chi connectivity index (χ0) is 17.2. The van der Waals surface area contributed by atoms with E-state index in [0.717, 1.165) is 19.5 Å². The number of nitrogens with zero attached hydrogens (tertiary/aromatic N) is 3. The number of guanidine groups is 1. The van der Waals surface area contributed by atoms with Crippen molar-refractivity contribution < 1.29 is 0 Å². The number of nitrogens with two attached hydrogens (primary N) is 1. The third-order valence-electron chi connectivity index (χ3n) is 5.26. The average Bonchev–Trinajstić information content (AvgIpc) is 3.42. The molecule has 1 fully saturated rings. The lowest BCUT2D eigenvalue weighted by Gasteiger charge is -2.19. The van der Waals surface area contributed by atoms with Gasteiger partial charge in [-0.1, -0.05) is 42.5 Å². The van der Waals surface area contributed by atoms with Gasteiger partial charge >= 0.3 is 0 Å². The summed E-state index contributed by atoms with van der Waals surface area (Å²) in [6.07, 6.45) is 3.62. The third-order valence-corrected chi connectivity index (χ3v) is 5.26. The van der Waals surface area contributed by atoms with Crippen molar-refractivity contribution >= 4 is 35.6 Å². The average molecular weight is 462 g/mol. The van der Waals surface area contributed by atoms with Crippen LogP contribution >= 0.6 is 24.0 Å². The SMILES string of the molecule is CN(C(N)=NCc1ccc(CN2CCc3ccccc32)cc1)C1CC1.I. The fourth-order valence-electron chi connectivity index (χ4n) is 3.47. The number of hydrogen-bond acceptors (Lipinski definition) is 2. The van der Waals surface area contributed by atoms with Gasteiger partial charge in [-0.3, -0.25) is 0 Å². The maximum Gasteiger partial charge on any atom is 0.191 e. The van der Waals surface area contributed by atoms with Crippen LogP contribution in [0.1, 0.15) is 29.5 Å². The van der Waals surface area contributed by atoms with Crippen molar-refractivity contribution in [3.05, 3.63) is 65.2 Å². The normalized spacial score (nSPS) is 16.2. The van der Waals surface area contributed by atoms with Gasteiger partial charge in [-0.25, -0.2) is 4.99 Å². The van der Waals surface area contributed by atoms with Gasteiger partial charge in [0.05, 0.1) is 6.54 Å². The Labute approximate surface area is 173 Å². The smallest absolute Gasteiger partial charge is 0.191 e. The topological polar surface area (TPSA) is 44.9 Å². The van der Waals surface area contributed by atoms with E-state index >= 15 is 0 Å². The van der Waals surface area contributed by atoms with Gasteiger partial charge in [0.15, 0.2) is 5.96 Å². The molecule has 1 heterocycles. The van der Waals surface area contributed by atoms with Crippen molar-refractivity contribution in [1.82, 2.24) is 4.90 Å². The highest BCUT2D eigenvalue weighted by molar-refractivity contribution is 14.0. The summed E-state index contributed by atoms with van der Waals surface area (Å²) < 4.78 is 0. The molecule has 0 atom stereocenters. The molecule has 0 radical (unpaired) electrons. The molecule has 0 amide bonds. The first-order chi connectivity index (χ1) is 12.2. The molecule has 0 spiro atoms. The quantitative estimate of drug-likeness (QED) is 0.418. The van der Waals surface area contributed by atoms with Gasteiger partial charge in [0.25, 0.3) is 0 Å². The van der Waals surface area contributed by atoms with Gasteiger partial charge in [-0.2, -0.15) is 0 Å². The largest absolute Gasteiger partial charge is 0.370 e. The zero-order valence-corrected chi connectivity index (χ0v) is 17.6. The number of halogens is 1. The predicted molar refractivity (Wildman–Crippen MR) is 119 cm³/mol. The number of para-hydroxylation sites is 1. The van der Waals surface area contributed by atoms with Gasteiger partial charge in [0.2, 0.25) is 0 Å². The first kappa shape index (κ1) is 19.0. The van der Waals surface area contributed by atoms with Crippen LogP contribution < -0.4 is 10.6 Å². The number of anilines is 1. The molecule has 2 N–H and O–H groups in total. The van der Waals surface area contributed by atoms with Crippen LogP contribution in [0.25, 0.3) is 0 Å². The highest BCUT2D eigenvalue weighted by Crippen LogP contribution is 2.29. The monoisotopic (exact) mass is 462 g/mol. The Bertz CT molecular complexity index is 768. The van der Waals surface area contributed by atoms with E-state index in [2.05, 4.69) is 63.3 Å². The molecular weight excluding hydrogens is 435 g/mol. The Morgan fingerprint density at radius 1 is 1.12 bits per heavy atom. The van der Waals surface area contributed by atoms with E-state index in [9.17, 15) is 0 Å². The maximum atomic E-state index is 6.06. The summed E-state index contributed by atoms with van der Waals surface area (Å²) in [5.74, 6) is 0.653. The van der Waals surface area contributed by atoms with Crippen LogP contribution in [0.3, 0.4) is 0 Å². The van der Waals surface area contributed by atoms with Gasteiger partial charge in [-0.05, 0) is 42.0 Å². The molecule has 0 unspecified atom stereocenters. The summed E-state index contributed by atoms with van der Waals surface area (Å²) in [6, 6.07) is 18.1. The molecule has 4 rings (SSSR count). The molecule has 138 valence electrons. The molecule has 26 heavy (non-hydrogen) atoms. The molecule has 5 heteroatoms. The van der Waals surface area contributed by atoms with E-state index in [1.165, 1.54) is 35.2 Å². The molecule has 2 aliphatic rings. The van der Waals surface area contributed by atoms with Gasteiger partial charge in [-0.15, -0.1) is 24.0 Å². The molecular formula is C21H27IN4. The summed E-state index contributed by atoms with van der Waals surface area (Å²) >= 11 is 0. The highest BCUT2D eigenvalue weighted by atomic mass is 127. The van der Waals surface area contributed by atoms with E-state index in [1.807, 2.05) is 7.05 Å². The fourth-order valence-corrected chi connectivity index (χ4v) is 3.47. The Morgan fingerprint density at radius 2 is 1.81 bits per heavy atom. The number of aliphatic imine (C=N–C) groups is 1. The van der Waals surface area contributed by atoms with E-state index in [4.69, 9.17) is 5.73 Å². The van der Waals surface area contributed by atoms with Crippen LogP contribution in [-0.2, 0) is 19.5 Å². The molecule has 1 aliphatic heterocycles. The molecule has 1 saturated carbocycles. The molecule has 2 aromatic carbocycles. The summed E-state index contributed by atoms with van der Waals surface area (Å²) in [5, 5.41) is 0. The Morgan fingerprint density at radius 3 is 2.54 bits per heavy atom. The lowest BCUT2D eigenvalue weighted by Crippen LogP contribution is -2.35. The van der Waals surface area contributed by atoms with E-state index in [-0.39, 0.29) is 24.0 Å². The summed E-state index contributed by atoms with van der Waals surface area (Å²) in [7, 11) is 2.04. The first-order valence-electron chi connectivity index (χ1n) is 9.14. The van der Waals surface area contributed by atoms with Crippen LogP contribution in [0.2, 0.25) is 0 Å². The van der Waals surface area contributed by atoms with Crippen LogP contribution in [-0.4, -0.2) is 30.5 Å². The molecule has 1 aliphatic carbocycles. The Balaban J connectivity index is 0.00000196. The van der Waals surface area contributed by atoms with Crippen molar-refractivity contribution in [1.29, 1.82) is 0 Å². The van der Waals surface area contributed by atoms with Gasteiger partial charge in [0.1, 0.15) is 0 Å². The molecule has 0 aromatic heterocycles. The number of rotatable bonds is 5. The second-order valence-electron chi connectivity index (χ2n) is 7.13. The zero-order valence-electron chi connectivity index (χ0n) is 15.3. The minimum absolute atomic E-state index is 0. The van der Waals surface area contributed by atoms with Crippen molar-refractivity contribution in [3.63, 3.8) is 0 Å². The van der Waals surface area contributed by atoms with Crippen LogP contribution in [0.15, 0.2) is 53.5 Å². The lowest BCUT2D eigenvalue weighted by atomic mass is 10.1. The summed E-state index contributed by atoms with van der Waals surface area (Å²) in [6.45, 7) is 2.72. The molecule has 2 aromatic rings. The lowest BCUT2D eigenvalue weighted by molar-refractivity contribution is 0.487. The van der Waals surface area contributed by atoms with Crippen LogP contribution in [0.5, 0.6) is 0 Å². The maximum absolute atomic E-state index is 6.06. The molecule has 4 nitrogen and oxygen atoms in total. The van der Waals surface area contributed by atoms with Crippen molar-refractivity contribution in [2.45, 2.75) is 38.4 Å². The van der Waals surface area contributed by atoms with Gasteiger partial charge < -0.3 is 15.5 Å². The number of fused-ring (bicyclic) bond motifs is 1. The van der Waals surface area contributed by atoms with Gasteiger partial charge in [0, 0.05) is 31.9 Å². The van der Waals surface area contributed by atoms with Crippen LogP contribution in [0.4, 0.5) is 5.69 Å². The fraction of sp³-hybridized carbons (Fsp3) is 0.381. The van der Waals surface area contributed by atoms with Crippen molar-refractivity contribution in [2.75, 3.05) is 18.5 Å². The van der Waals surface area contributed by atoms with Crippen molar-refractivity contribution in [2.24, 2.45) is 10.7 Å². The predicted octanol–water partition coefficient (Wildman–Crippen LogP) is 3.78. The third kappa shape index (κ3) is 4.31. The second kappa shape index (κ2) is 8.29. The summed E-state index contributed by atoms with van der Waals surface area (Å²) in [4.78, 5) is 9.09. The van der Waals surface area contributed by atoms with E-state index in [1.54, 1.807) is 0 Å². The molecule has 0 bridgehead atoms. The minimum atomic E-state index is 0. The van der Waals surface area contributed by atoms with E-state index in [0.29, 0.717) is 18.5 Å². The second-order valence-corrected chi connectivity index (χ2v) is 7.13. The Hall–Kier alpha value is -1.76. The number of benzene rings is 2. The minimum Gasteiger partial charge on any atom is -0.370 e. The first-order valence-corrected chi connectivity index (χ1v) is 9.14. The number of hydrogen-bond donors (Lipinski definition) is 1. The Kier molecular flexibility index (Phi) is 6.06. The van der Waals surface area contributed by atoms with E-state index < -0.39 is 0 Å². The standard InChI is InChI=1S/C21H26N4.HI/c1-24(19-10-11-19)21(22)23-14-16-6-8-17(9-7-16)15-25-13-12-18-4-2-3-5-20(18)25;/h2-9,19H,10-15H2,1H3,(H2,22,23);1H. The van der Waals surface area contributed by atoms with Crippen molar-refractivity contribution in [3.8, 4) is 0 Å². The highest BCUT2D eigenvalue weighted by Gasteiger charge is 2.27. The van der Waals surface area contributed by atoms with Crippen LogP contribution in [0, 0.1) is 0 Å².